The highest BCUT2D eigenvalue weighted by Gasteiger charge is 2.25. The van der Waals surface area contributed by atoms with E-state index in [2.05, 4.69) is 12.1 Å². The average molecular weight is 755 g/mol. The van der Waals surface area contributed by atoms with Gasteiger partial charge in [-0.25, -0.2) is 8.78 Å². The molecule has 0 aliphatic rings. The molecule has 0 N–H and O–H groups in total. The summed E-state index contributed by atoms with van der Waals surface area (Å²) in [5, 5.41) is 45.2. The zero-order valence-corrected chi connectivity index (χ0v) is 29.7. The monoisotopic (exact) mass is 754 g/mol. The van der Waals surface area contributed by atoms with Crippen LogP contribution in [0.15, 0.2) is 139 Å². The van der Waals surface area contributed by atoms with Crippen LogP contribution in [0.25, 0.3) is 98.9 Å². The van der Waals surface area contributed by atoms with E-state index in [1.54, 1.807) is 24.3 Å². The lowest BCUT2D eigenvalue weighted by atomic mass is 9.93. The number of fused-ring (bicyclic) bond motifs is 12. The molecule has 0 unspecified atom stereocenters. The Kier molecular flexibility index (Phi) is 7.56. The van der Waals surface area contributed by atoms with Crippen molar-refractivity contribution in [3.8, 4) is 35.4 Å². The smallest absolute Gasteiger partial charge is 0.192 e. The van der Waals surface area contributed by atoms with Gasteiger partial charge in [-0.2, -0.15) is 21.0 Å². The van der Waals surface area contributed by atoms with Crippen molar-refractivity contribution in [2.45, 2.75) is 0 Å². The third-order valence-corrected chi connectivity index (χ3v) is 10.3. The number of para-hydroxylation sites is 1. The minimum absolute atomic E-state index is 0.141. The van der Waals surface area contributed by atoms with Crippen molar-refractivity contribution in [3.05, 3.63) is 155 Å². The zero-order chi connectivity index (χ0) is 39.7. The average Bonchev–Trinajstić information content (AvgIpc) is 3.24. The van der Waals surface area contributed by atoms with E-state index in [1.807, 2.05) is 97.1 Å². The molecule has 8 nitrogen and oxygen atoms in total. The van der Waals surface area contributed by atoms with Crippen molar-refractivity contribution in [1.29, 1.82) is 21.0 Å². The molecule has 8 aromatic carbocycles. The van der Waals surface area contributed by atoms with E-state index in [-0.39, 0.29) is 33.5 Å². The van der Waals surface area contributed by atoms with Gasteiger partial charge in [0.25, 0.3) is 0 Å². The molecule has 10 heteroatoms. The number of halogens is 2. The van der Waals surface area contributed by atoms with Crippen LogP contribution in [-0.2, 0) is 0 Å². The van der Waals surface area contributed by atoms with Gasteiger partial charge in [0.05, 0.1) is 11.1 Å². The summed E-state index contributed by atoms with van der Waals surface area (Å²) < 4.78 is 56.0. The molecule has 10 aromatic rings. The Bertz CT molecular complexity index is 3780. The third-order valence-electron chi connectivity index (χ3n) is 10.3. The molecule has 0 radical (unpaired) electrons. The van der Waals surface area contributed by atoms with Gasteiger partial charge in [-0.05, 0) is 63.0 Å². The SMILES string of the molecule is N#Cc1cc2oc3ccccc3c3ccc(-c4cccc5c4ccc4oc6c(C#N)c(F)c(F)c(C#N)c6oc6ccc7ccccc7c6c45)cc3oc2cc1C#N. The van der Waals surface area contributed by atoms with Gasteiger partial charge in [-0.15, -0.1) is 0 Å². The molecule has 0 aliphatic carbocycles. The zero-order valence-electron chi connectivity index (χ0n) is 29.7. The lowest BCUT2D eigenvalue weighted by Gasteiger charge is -2.13. The molecule has 0 saturated carbocycles. The third kappa shape index (κ3) is 5.01. The highest BCUT2D eigenvalue weighted by molar-refractivity contribution is 6.26. The van der Waals surface area contributed by atoms with Crippen LogP contribution in [0.1, 0.15) is 22.3 Å². The summed E-state index contributed by atoms with van der Waals surface area (Å²) in [6.45, 7) is 0. The lowest BCUT2D eigenvalue weighted by molar-refractivity contribution is 0.498. The van der Waals surface area contributed by atoms with E-state index < -0.39 is 33.9 Å². The summed E-state index contributed by atoms with van der Waals surface area (Å²) >= 11 is 0. The molecular formula is C48H20F2N4O4. The van der Waals surface area contributed by atoms with Crippen LogP contribution in [0.5, 0.6) is 0 Å². The maximum Gasteiger partial charge on any atom is 0.192 e. The van der Waals surface area contributed by atoms with Gasteiger partial charge in [-0.3, -0.25) is 0 Å². The Morgan fingerprint density at radius 3 is 1.62 bits per heavy atom. The van der Waals surface area contributed by atoms with Crippen LogP contribution >= 0.6 is 0 Å². The molecule has 2 aromatic heterocycles. The lowest BCUT2D eigenvalue weighted by Crippen LogP contribution is -1.97. The number of nitriles is 4. The quantitative estimate of drug-likeness (QED) is 0.161. The first kappa shape index (κ1) is 33.8. The fourth-order valence-electron chi connectivity index (χ4n) is 7.70. The molecule has 0 spiro atoms. The van der Waals surface area contributed by atoms with E-state index in [4.69, 9.17) is 17.7 Å². The summed E-state index contributed by atoms with van der Waals surface area (Å²) in [4.78, 5) is 0. The normalized spacial score (nSPS) is 11.2. The molecule has 2 heterocycles. The van der Waals surface area contributed by atoms with Gasteiger partial charge in [0.2, 0.25) is 0 Å². The van der Waals surface area contributed by atoms with Crippen molar-refractivity contribution < 1.29 is 26.4 Å². The van der Waals surface area contributed by atoms with E-state index in [1.165, 1.54) is 12.1 Å². The molecule has 0 amide bonds. The molecule has 270 valence electrons. The molecule has 10 rings (SSSR count). The summed E-state index contributed by atoms with van der Waals surface area (Å²) in [5.74, 6) is -3.03. The maximum atomic E-state index is 15.3. The highest BCUT2D eigenvalue weighted by Crippen LogP contribution is 2.41. The van der Waals surface area contributed by atoms with Crippen LogP contribution in [-0.4, -0.2) is 0 Å². The topological polar surface area (TPSA) is 148 Å². The first-order chi connectivity index (χ1) is 28.4. The van der Waals surface area contributed by atoms with E-state index in [9.17, 15) is 21.0 Å². The molecule has 0 atom stereocenters. The van der Waals surface area contributed by atoms with Crippen molar-refractivity contribution in [1.82, 2.24) is 0 Å². The maximum absolute atomic E-state index is 15.3. The summed E-state index contributed by atoms with van der Waals surface area (Å²) in [7, 11) is 0. The van der Waals surface area contributed by atoms with Crippen molar-refractivity contribution >= 4 is 87.8 Å². The van der Waals surface area contributed by atoms with Crippen molar-refractivity contribution in [2.24, 2.45) is 0 Å². The number of nitrogens with zero attached hydrogens (tertiary/aromatic N) is 4. The second kappa shape index (κ2) is 13.0. The van der Waals surface area contributed by atoms with E-state index >= 15 is 8.78 Å². The number of rotatable bonds is 1. The number of benzene rings is 8. The van der Waals surface area contributed by atoms with E-state index in [0.29, 0.717) is 27.3 Å². The van der Waals surface area contributed by atoms with Gasteiger partial charge < -0.3 is 17.7 Å². The standard InChI is InChI=1S/C48H20F2N4O4/c49-45-35(23-53)47-48(36(24-54)46(45)50)58-39-17-15-31-29(9-5-10-34(31)44(39)43-30-7-2-1-6-25(30)13-16-38(43)57-47)26-12-14-33-32-8-3-4-11-37(32)55-41-19-27(21-51)28(22-52)20-42(41)56-40(33)18-26/h1-20H. The van der Waals surface area contributed by atoms with Crippen LogP contribution in [0, 0.1) is 57.0 Å². The first-order valence-electron chi connectivity index (χ1n) is 17.8. The van der Waals surface area contributed by atoms with Crippen LogP contribution in [0.3, 0.4) is 0 Å². The molecule has 0 aliphatic heterocycles. The Balaban J connectivity index is 1.35. The highest BCUT2D eigenvalue weighted by atomic mass is 19.2. The van der Waals surface area contributed by atoms with Gasteiger partial charge in [-0.1, -0.05) is 78.9 Å². The predicted octanol–water partition coefficient (Wildman–Crippen LogP) is 13.0. The second-order valence-electron chi connectivity index (χ2n) is 13.4. The minimum atomic E-state index is -1.52. The Hall–Kier alpha value is -8.70. The van der Waals surface area contributed by atoms with Gasteiger partial charge >= 0.3 is 0 Å². The predicted molar refractivity (Wildman–Crippen MR) is 215 cm³/mol. The molecule has 0 bridgehead atoms. The largest absolute Gasteiger partial charge is 0.453 e. The molecule has 58 heavy (non-hydrogen) atoms. The second-order valence-corrected chi connectivity index (χ2v) is 13.4. The summed E-state index contributed by atoms with van der Waals surface area (Å²) in [6.07, 6.45) is 0. The molecule has 0 fully saturated rings. The minimum Gasteiger partial charge on any atom is -0.453 e. The Morgan fingerprint density at radius 1 is 0.397 bits per heavy atom. The molecule has 0 saturated heterocycles. The fourth-order valence-corrected chi connectivity index (χ4v) is 7.70. The summed E-state index contributed by atoms with van der Waals surface area (Å²) in [6, 6.07) is 44.2. The van der Waals surface area contributed by atoms with Gasteiger partial charge in [0.15, 0.2) is 34.0 Å². The first-order valence-corrected chi connectivity index (χ1v) is 17.8. The van der Waals surface area contributed by atoms with Gasteiger partial charge in [0.1, 0.15) is 57.7 Å². The summed E-state index contributed by atoms with van der Waals surface area (Å²) in [5.41, 5.74) is 1.58. The van der Waals surface area contributed by atoms with Crippen molar-refractivity contribution in [3.63, 3.8) is 0 Å². The Labute approximate surface area is 325 Å². The van der Waals surface area contributed by atoms with E-state index in [0.717, 1.165) is 38.1 Å². The number of hydrogen-bond acceptors (Lipinski definition) is 8. The van der Waals surface area contributed by atoms with Crippen LogP contribution in [0.2, 0.25) is 0 Å². The fraction of sp³-hybridized carbons (Fsp3) is 0. The van der Waals surface area contributed by atoms with Gasteiger partial charge in [0, 0.05) is 33.7 Å². The van der Waals surface area contributed by atoms with Crippen LogP contribution in [0.4, 0.5) is 8.78 Å². The van der Waals surface area contributed by atoms with Crippen molar-refractivity contribution in [2.75, 3.05) is 0 Å². The molecular weight excluding hydrogens is 735 g/mol. The number of hydrogen-bond donors (Lipinski definition) is 0. The Morgan fingerprint density at radius 2 is 0.948 bits per heavy atom. The van der Waals surface area contributed by atoms with Crippen LogP contribution < -0.4 is 0 Å².